The molecule has 0 atom stereocenters. The molecule has 0 bridgehead atoms. The van der Waals surface area contributed by atoms with E-state index in [0.717, 1.165) is 29.8 Å². The Morgan fingerprint density at radius 2 is 1.94 bits per heavy atom. The van der Waals surface area contributed by atoms with Crippen LogP contribution in [0.5, 0.6) is 0 Å². The number of benzene rings is 1. The molecule has 1 amide bonds. The van der Waals surface area contributed by atoms with Gasteiger partial charge in [0.15, 0.2) is 5.82 Å². The van der Waals surface area contributed by atoms with Gasteiger partial charge < -0.3 is 9.80 Å². The minimum atomic E-state index is -4.51. The van der Waals surface area contributed by atoms with Crippen molar-refractivity contribution in [3.8, 4) is 0 Å². The van der Waals surface area contributed by atoms with E-state index < -0.39 is 22.6 Å². The lowest BCUT2D eigenvalue weighted by Crippen LogP contribution is -2.54. The second-order valence-corrected chi connectivity index (χ2v) is 7.97. The third-order valence-corrected chi connectivity index (χ3v) is 5.36. The molecule has 0 saturated carbocycles. The van der Waals surface area contributed by atoms with E-state index in [4.69, 9.17) is 11.6 Å². The third kappa shape index (κ3) is 5.94. The van der Waals surface area contributed by atoms with Gasteiger partial charge in [0, 0.05) is 31.9 Å². The van der Waals surface area contributed by atoms with Crippen LogP contribution in [0.25, 0.3) is 0 Å². The van der Waals surface area contributed by atoms with Crippen molar-refractivity contribution in [2.75, 3.05) is 26.8 Å². The molecule has 1 aliphatic heterocycles. The van der Waals surface area contributed by atoms with Crippen LogP contribution in [0.3, 0.4) is 0 Å². The number of nitrogens with one attached hydrogen (secondary N) is 1. The molecule has 1 N–H and O–H groups in total. The van der Waals surface area contributed by atoms with Gasteiger partial charge in [-0.1, -0.05) is 17.7 Å². The van der Waals surface area contributed by atoms with Crippen LogP contribution in [-0.2, 0) is 12.7 Å². The van der Waals surface area contributed by atoms with Gasteiger partial charge in [-0.3, -0.25) is 20.3 Å². The van der Waals surface area contributed by atoms with Crippen molar-refractivity contribution in [2.45, 2.75) is 19.6 Å². The van der Waals surface area contributed by atoms with E-state index in [1.54, 1.807) is 30.3 Å². The number of hydrogen-bond donors (Lipinski definition) is 1. The highest BCUT2D eigenvalue weighted by molar-refractivity contribution is 6.29. The summed E-state index contributed by atoms with van der Waals surface area (Å²) in [6.45, 7) is 2.61. The van der Waals surface area contributed by atoms with Gasteiger partial charge in [-0.15, -0.1) is 0 Å². The van der Waals surface area contributed by atoms with E-state index in [1.807, 2.05) is 11.8 Å². The summed E-state index contributed by atoms with van der Waals surface area (Å²) in [4.78, 5) is 31.4. The maximum atomic E-state index is 12.7. The number of nitro groups is 1. The molecule has 1 aromatic heterocycles. The SMILES string of the molecule is CCN(Cc1ccc(Cl)nc1)C1=C([N+](=O)[O-])CN(NC(=O)c2ccc(C(F)(F)F)cc2)CN1C. The zero-order valence-electron chi connectivity index (χ0n) is 18.3. The van der Waals surface area contributed by atoms with Gasteiger partial charge in [0.1, 0.15) is 11.7 Å². The summed E-state index contributed by atoms with van der Waals surface area (Å²) in [5, 5.41) is 13.6. The molecule has 1 aromatic carbocycles. The maximum absolute atomic E-state index is 12.7. The van der Waals surface area contributed by atoms with Crippen molar-refractivity contribution in [3.63, 3.8) is 0 Å². The van der Waals surface area contributed by atoms with Gasteiger partial charge in [0.25, 0.3) is 5.91 Å². The van der Waals surface area contributed by atoms with Crippen LogP contribution >= 0.6 is 11.6 Å². The van der Waals surface area contributed by atoms with Crippen LogP contribution in [0.2, 0.25) is 5.15 Å². The lowest BCUT2D eigenvalue weighted by Gasteiger charge is -2.39. The molecular formula is C21H22ClF3N6O3. The van der Waals surface area contributed by atoms with Crippen molar-refractivity contribution in [1.29, 1.82) is 0 Å². The highest BCUT2D eigenvalue weighted by atomic mass is 35.5. The molecule has 2 aromatic rings. The normalized spacial score (nSPS) is 14.8. The summed E-state index contributed by atoms with van der Waals surface area (Å²) in [6.07, 6.45) is -2.92. The molecule has 182 valence electrons. The number of halogens is 4. The van der Waals surface area contributed by atoms with Gasteiger partial charge in [-0.25, -0.2) is 4.98 Å². The van der Waals surface area contributed by atoms with Crippen molar-refractivity contribution < 1.29 is 22.9 Å². The summed E-state index contributed by atoms with van der Waals surface area (Å²) in [7, 11) is 1.65. The molecule has 0 aliphatic carbocycles. The van der Waals surface area contributed by atoms with Gasteiger partial charge >= 0.3 is 11.9 Å². The second kappa shape index (κ2) is 10.3. The predicted octanol–water partition coefficient (Wildman–Crippen LogP) is 3.57. The van der Waals surface area contributed by atoms with E-state index in [1.165, 1.54) is 5.01 Å². The number of amides is 1. The molecule has 1 aliphatic rings. The number of alkyl halides is 3. The highest BCUT2D eigenvalue weighted by Gasteiger charge is 2.35. The molecule has 0 saturated heterocycles. The Balaban J connectivity index is 1.78. The molecule has 0 spiro atoms. The highest BCUT2D eigenvalue weighted by Crippen LogP contribution is 2.29. The van der Waals surface area contributed by atoms with Gasteiger partial charge in [0.05, 0.1) is 17.2 Å². The predicted molar refractivity (Wildman–Crippen MR) is 118 cm³/mol. The van der Waals surface area contributed by atoms with Gasteiger partial charge in [0.2, 0.25) is 0 Å². The smallest absolute Gasteiger partial charge is 0.349 e. The van der Waals surface area contributed by atoms with E-state index in [-0.39, 0.29) is 24.5 Å². The summed E-state index contributed by atoms with van der Waals surface area (Å²) in [5.41, 5.74) is 2.33. The molecule has 13 heteroatoms. The van der Waals surface area contributed by atoms with Crippen LogP contribution in [-0.4, -0.2) is 57.4 Å². The summed E-state index contributed by atoms with van der Waals surface area (Å²) >= 11 is 5.83. The fourth-order valence-corrected chi connectivity index (χ4v) is 3.67. The molecule has 0 fully saturated rings. The monoisotopic (exact) mass is 498 g/mol. The maximum Gasteiger partial charge on any atom is 0.416 e. The van der Waals surface area contributed by atoms with Crippen LogP contribution in [0.4, 0.5) is 13.2 Å². The van der Waals surface area contributed by atoms with Gasteiger partial charge in [-0.05, 0) is 42.8 Å². The number of aromatic nitrogens is 1. The van der Waals surface area contributed by atoms with Crippen LogP contribution in [0, 0.1) is 10.1 Å². The van der Waals surface area contributed by atoms with Crippen molar-refractivity contribution in [2.24, 2.45) is 0 Å². The second-order valence-electron chi connectivity index (χ2n) is 7.58. The standard InChI is InChI=1S/C21H22ClF3N6O3/c1-3-29(11-14-4-9-18(22)26-10-14)20-17(31(33)34)12-30(13-28(20)2)27-19(32)15-5-7-16(8-6-15)21(23,24)25/h4-10H,3,11-13H2,1-2H3,(H,27,32). The Labute approximate surface area is 198 Å². The average Bonchev–Trinajstić information content (AvgIpc) is 2.78. The Bertz CT molecular complexity index is 1080. The minimum absolute atomic E-state index is 0.00138. The van der Waals surface area contributed by atoms with E-state index in [2.05, 4.69) is 10.4 Å². The first-order valence-corrected chi connectivity index (χ1v) is 10.5. The molecular weight excluding hydrogens is 477 g/mol. The fraction of sp³-hybridized carbons (Fsp3) is 0.333. The number of rotatable bonds is 7. The molecule has 2 heterocycles. The minimum Gasteiger partial charge on any atom is -0.349 e. The summed E-state index contributed by atoms with van der Waals surface area (Å²) in [5.74, 6) is -0.282. The number of carbonyl (C=O) groups is 1. The van der Waals surface area contributed by atoms with Crippen molar-refractivity contribution in [1.82, 2.24) is 25.2 Å². The Hall–Kier alpha value is -3.38. The van der Waals surface area contributed by atoms with Crippen LogP contribution < -0.4 is 5.43 Å². The van der Waals surface area contributed by atoms with E-state index >= 15 is 0 Å². The fourth-order valence-electron chi connectivity index (χ4n) is 3.56. The van der Waals surface area contributed by atoms with Crippen LogP contribution in [0.1, 0.15) is 28.4 Å². The van der Waals surface area contributed by atoms with Crippen molar-refractivity contribution >= 4 is 17.5 Å². The first-order valence-electron chi connectivity index (χ1n) is 10.2. The van der Waals surface area contributed by atoms with Crippen molar-refractivity contribution in [3.05, 3.63) is 86.1 Å². The number of carbonyl (C=O) groups excluding carboxylic acids is 1. The van der Waals surface area contributed by atoms with Crippen LogP contribution in [0.15, 0.2) is 54.1 Å². The Morgan fingerprint density at radius 1 is 1.26 bits per heavy atom. The molecule has 0 radical (unpaired) electrons. The lowest BCUT2D eigenvalue weighted by molar-refractivity contribution is -0.434. The summed E-state index contributed by atoms with van der Waals surface area (Å²) < 4.78 is 38.2. The Kier molecular flexibility index (Phi) is 7.62. The zero-order chi connectivity index (χ0) is 25.0. The first kappa shape index (κ1) is 25.2. The number of hydrazine groups is 1. The largest absolute Gasteiger partial charge is 0.416 e. The number of hydrogen-bond acceptors (Lipinski definition) is 7. The third-order valence-electron chi connectivity index (χ3n) is 5.14. The van der Waals surface area contributed by atoms with E-state index in [9.17, 15) is 28.1 Å². The summed E-state index contributed by atoms with van der Waals surface area (Å²) in [6, 6.07) is 7.15. The lowest BCUT2D eigenvalue weighted by atomic mass is 10.1. The quantitative estimate of drug-likeness (QED) is 0.354. The molecule has 3 rings (SSSR count). The van der Waals surface area contributed by atoms with Gasteiger partial charge in [-0.2, -0.15) is 18.2 Å². The number of nitrogens with zero attached hydrogens (tertiary/aromatic N) is 5. The zero-order valence-corrected chi connectivity index (χ0v) is 19.1. The molecule has 9 nitrogen and oxygen atoms in total. The number of pyridine rings is 1. The molecule has 34 heavy (non-hydrogen) atoms. The molecule has 0 unspecified atom stereocenters. The Morgan fingerprint density at radius 3 is 2.47 bits per heavy atom. The first-order chi connectivity index (χ1) is 16.0. The van der Waals surface area contributed by atoms with E-state index in [0.29, 0.717) is 24.1 Å². The topological polar surface area (TPSA) is 94.8 Å². The average molecular weight is 499 g/mol.